The summed E-state index contributed by atoms with van der Waals surface area (Å²) in [4.78, 5) is 19.8. The smallest absolute Gasteiger partial charge is 0.255 e. The Bertz CT molecular complexity index is 660. The van der Waals surface area contributed by atoms with Crippen molar-refractivity contribution in [2.24, 2.45) is 5.92 Å². The van der Waals surface area contributed by atoms with E-state index < -0.39 is 6.10 Å². The van der Waals surface area contributed by atoms with Crippen molar-refractivity contribution in [1.29, 1.82) is 0 Å². The molecule has 1 aromatic heterocycles. The van der Waals surface area contributed by atoms with Crippen LogP contribution in [0.3, 0.4) is 0 Å². The van der Waals surface area contributed by atoms with Gasteiger partial charge in [-0.3, -0.25) is 4.79 Å². The van der Waals surface area contributed by atoms with E-state index in [0.29, 0.717) is 13.1 Å². The number of hydrogen-bond donors (Lipinski definition) is 1. The second kappa shape index (κ2) is 7.47. The van der Waals surface area contributed by atoms with E-state index in [2.05, 4.69) is 4.98 Å². The highest BCUT2D eigenvalue weighted by molar-refractivity contribution is 7.98. The van der Waals surface area contributed by atoms with Gasteiger partial charge in [-0.25, -0.2) is 4.98 Å². The molecule has 23 heavy (non-hydrogen) atoms. The van der Waals surface area contributed by atoms with E-state index in [-0.39, 0.29) is 11.8 Å². The monoisotopic (exact) mass is 348 g/mol. The van der Waals surface area contributed by atoms with Crippen molar-refractivity contribution in [3.8, 4) is 0 Å². The van der Waals surface area contributed by atoms with Gasteiger partial charge in [-0.15, -0.1) is 23.1 Å². The summed E-state index contributed by atoms with van der Waals surface area (Å²) >= 11 is 3.21. The molecule has 1 amide bonds. The molecule has 6 heteroatoms. The molecule has 1 fully saturated rings. The standard InChI is InChI=1S/C17H20N2O2S2/c1-12-6-7-19(8-15(12)20)17(21)14-4-2-3-5-16(14)23-10-13-9-22-11-18-13/h2-5,9,11-12,15,20H,6-8,10H2,1H3. The van der Waals surface area contributed by atoms with Crippen molar-refractivity contribution in [2.75, 3.05) is 13.1 Å². The van der Waals surface area contributed by atoms with Crippen LogP contribution in [-0.4, -0.2) is 40.1 Å². The van der Waals surface area contributed by atoms with Crippen molar-refractivity contribution in [1.82, 2.24) is 9.88 Å². The average Bonchev–Trinajstić information content (AvgIpc) is 3.08. The number of piperidine rings is 1. The van der Waals surface area contributed by atoms with Crippen LogP contribution in [0.25, 0.3) is 0 Å². The number of thioether (sulfide) groups is 1. The number of carbonyl (C=O) groups excluding carboxylic acids is 1. The van der Waals surface area contributed by atoms with Gasteiger partial charge in [0, 0.05) is 29.1 Å². The first-order valence-electron chi connectivity index (χ1n) is 7.71. The molecule has 0 spiro atoms. The molecule has 0 saturated carbocycles. The molecule has 2 aromatic rings. The largest absolute Gasteiger partial charge is 0.391 e. The fourth-order valence-electron chi connectivity index (χ4n) is 2.63. The van der Waals surface area contributed by atoms with Gasteiger partial charge in [-0.05, 0) is 24.5 Å². The number of aromatic nitrogens is 1. The van der Waals surface area contributed by atoms with E-state index in [0.717, 1.165) is 28.3 Å². The number of hydrogen-bond acceptors (Lipinski definition) is 5. The Balaban J connectivity index is 1.73. The number of aliphatic hydroxyl groups is 1. The third-order valence-electron chi connectivity index (χ3n) is 4.18. The summed E-state index contributed by atoms with van der Waals surface area (Å²) in [5.74, 6) is 1.03. The van der Waals surface area contributed by atoms with Crippen LogP contribution in [0.4, 0.5) is 0 Å². The Morgan fingerprint density at radius 2 is 2.30 bits per heavy atom. The van der Waals surface area contributed by atoms with Crippen LogP contribution in [0.15, 0.2) is 40.1 Å². The maximum atomic E-state index is 12.8. The average molecular weight is 348 g/mol. The molecule has 3 rings (SSSR count). The molecule has 2 unspecified atom stereocenters. The summed E-state index contributed by atoms with van der Waals surface area (Å²) in [7, 11) is 0. The molecule has 1 saturated heterocycles. The third kappa shape index (κ3) is 3.94. The van der Waals surface area contributed by atoms with Crippen LogP contribution in [0.2, 0.25) is 0 Å². The first kappa shape index (κ1) is 16.5. The van der Waals surface area contributed by atoms with Gasteiger partial charge >= 0.3 is 0 Å². The number of β-amino-alcohol motifs (C(OH)–C–C–N with tert-alkyl or cyclic N) is 1. The van der Waals surface area contributed by atoms with E-state index in [1.165, 1.54) is 0 Å². The van der Waals surface area contributed by atoms with E-state index >= 15 is 0 Å². The molecule has 4 nitrogen and oxygen atoms in total. The molecule has 1 N–H and O–H groups in total. The van der Waals surface area contributed by atoms with Crippen molar-refractivity contribution in [3.63, 3.8) is 0 Å². The number of carbonyl (C=O) groups is 1. The van der Waals surface area contributed by atoms with E-state index in [1.807, 2.05) is 42.1 Å². The second-order valence-corrected chi connectivity index (χ2v) is 7.58. The minimum Gasteiger partial charge on any atom is -0.391 e. The quantitative estimate of drug-likeness (QED) is 0.862. The zero-order valence-corrected chi connectivity index (χ0v) is 14.6. The maximum Gasteiger partial charge on any atom is 0.255 e. The molecule has 1 aliphatic rings. The van der Waals surface area contributed by atoms with Gasteiger partial charge in [0.15, 0.2) is 0 Å². The van der Waals surface area contributed by atoms with Crippen LogP contribution >= 0.6 is 23.1 Å². The second-order valence-electron chi connectivity index (χ2n) is 5.85. The number of aliphatic hydroxyl groups excluding tert-OH is 1. The van der Waals surface area contributed by atoms with E-state index in [4.69, 9.17) is 0 Å². The zero-order chi connectivity index (χ0) is 16.2. The topological polar surface area (TPSA) is 53.4 Å². The van der Waals surface area contributed by atoms with Crippen LogP contribution in [-0.2, 0) is 5.75 Å². The summed E-state index contributed by atoms with van der Waals surface area (Å²) in [6.45, 7) is 3.16. The first-order chi connectivity index (χ1) is 11.1. The lowest BCUT2D eigenvalue weighted by atomic mass is 9.95. The van der Waals surface area contributed by atoms with Crippen LogP contribution < -0.4 is 0 Å². The number of nitrogens with zero attached hydrogens (tertiary/aromatic N) is 2. The minimum atomic E-state index is -0.428. The summed E-state index contributed by atoms with van der Waals surface area (Å²) in [5, 5.41) is 12.1. The van der Waals surface area contributed by atoms with Crippen molar-refractivity contribution < 1.29 is 9.90 Å². The number of benzene rings is 1. The van der Waals surface area contributed by atoms with Crippen LogP contribution in [0.5, 0.6) is 0 Å². The highest BCUT2D eigenvalue weighted by Crippen LogP contribution is 2.28. The molecule has 1 aliphatic heterocycles. The number of thiazole rings is 1. The number of rotatable bonds is 4. The Morgan fingerprint density at radius 1 is 1.48 bits per heavy atom. The molecule has 122 valence electrons. The highest BCUT2D eigenvalue weighted by Gasteiger charge is 2.28. The van der Waals surface area contributed by atoms with Gasteiger partial charge in [0.05, 0.1) is 22.9 Å². The third-order valence-corrected chi connectivity index (χ3v) is 5.92. The molecular formula is C17H20N2O2S2. The lowest BCUT2D eigenvalue weighted by Gasteiger charge is -2.34. The Morgan fingerprint density at radius 3 is 3.04 bits per heavy atom. The van der Waals surface area contributed by atoms with Gasteiger partial charge in [0.1, 0.15) is 0 Å². The summed E-state index contributed by atoms with van der Waals surface area (Å²) in [6.07, 6.45) is 0.420. The summed E-state index contributed by atoms with van der Waals surface area (Å²) in [6, 6.07) is 7.69. The highest BCUT2D eigenvalue weighted by atomic mass is 32.2. The summed E-state index contributed by atoms with van der Waals surface area (Å²) < 4.78 is 0. The molecule has 0 bridgehead atoms. The van der Waals surface area contributed by atoms with Gasteiger partial charge in [0.25, 0.3) is 5.91 Å². The normalized spacial score (nSPS) is 21.4. The van der Waals surface area contributed by atoms with Crippen LogP contribution in [0.1, 0.15) is 29.4 Å². The minimum absolute atomic E-state index is 0.0114. The number of amides is 1. The molecule has 1 aromatic carbocycles. The van der Waals surface area contributed by atoms with Crippen molar-refractivity contribution >= 4 is 29.0 Å². The molecule has 0 aliphatic carbocycles. The molecule has 0 radical (unpaired) electrons. The SMILES string of the molecule is CC1CCN(C(=O)c2ccccc2SCc2cscn2)CC1O. The Kier molecular flexibility index (Phi) is 5.35. The predicted molar refractivity (Wildman–Crippen MR) is 93.8 cm³/mol. The first-order valence-corrected chi connectivity index (χ1v) is 9.64. The Labute approximate surface area is 144 Å². The molecule has 2 atom stereocenters. The lowest BCUT2D eigenvalue weighted by Crippen LogP contribution is -2.45. The summed E-state index contributed by atoms with van der Waals surface area (Å²) in [5.41, 5.74) is 3.57. The maximum absolute atomic E-state index is 12.8. The predicted octanol–water partition coefficient (Wildman–Crippen LogP) is 3.28. The van der Waals surface area contributed by atoms with Gasteiger partial charge in [-0.2, -0.15) is 0 Å². The molecular weight excluding hydrogens is 328 g/mol. The van der Waals surface area contributed by atoms with E-state index in [1.54, 1.807) is 28.0 Å². The Hall–Kier alpha value is -1.37. The van der Waals surface area contributed by atoms with Crippen molar-refractivity contribution in [2.45, 2.75) is 30.1 Å². The van der Waals surface area contributed by atoms with Crippen molar-refractivity contribution in [3.05, 3.63) is 46.4 Å². The van der Waals surface area contributed by atoms with Crippen LogP contribution in [0, 0.1) is 5.92 Å². The van der Waals surface area contributed by atoms with Gasteiger partial charge < -0.3 is 10.0 Å². The fourth-order valence-corrected chi connectivity index (χ4v) is 4.24. The van der Waals surface area contributed by atoms with Gasteiger partial charge in [-0.1, -0.05) is 19.1 Å². The zero-order valence-electron chi connectivity index (χ0n) is 13.0. The molecule has 2 heterocycles. The fraction of sp³-hybridized carbons (Fsp3) is 0.412. The lowest BCUT2D eigenvalue weighted by molar-refractivity contribution is 0.0246. The number of likely N-dealkylation sites (tertiary alicyclic amines) is 1. The van der Waals surface area contributed by atoms with E-state index in [9.17, 15) is 9.90 Å². The van der Waals surface area contributed by atoms with Gasteiger partial charge in [0.2, 0.25) is 0 Å².